The van der Waals surface area contributed by atoms with Crippen LogP contribution in [0, 0.1) is 5.92 Å². The summed E-state index contributed by atoms with van der Waals surface area (Å²) in [5, 5.41) is 8.96. The smallest absolute Gasteiger partial charge is 0.317 e. The third kappa shape index (κ3) is 3.53. The zero-order valence-corrected chi connectivity index (χ0v) is 10.0. The maximum atomic E-state index is 10.9. The molecule has 0 amide bonds. The number of aliphatic carboxylic acids is 1. The number of hydrogen-bond donors (Lipinski definition) is 1. The monoisotopic (exact) mass is 234 g/mol. The molecule has 17 heavy (non-hydrogen) atoms. The van der Waals surface area contributed by atoms with Gasteiger partial charge < -0.3 is 5.11 Å². The second-order valence-corrected chi connectivity index (χ2v) is 4.72. The van der Waals surface area contributed by atoms with Crippen molar-refractivity contribution in [2.75, 3.05) is 13.1 Å². The van der Waals surface area contributed by atoms with Crippen molar-refractivity contribution in [1.29, 1.82) is 0 Å². The van der Waals surface area contributed by atoms with Crippen LogP contribution < -0.4 is 0 Å². The fourth-order valence-corrected chi connectivity index (χ4v) is 2.02. The van der Waals surface area contributed by atoms with Crippen LogP contribution in [0.5, 0.6) is 0 Å². The van der Waals surface area contributed by atoms with Gasteiger partial charge in [0.05, 0.1) is 6.54 Å². The predicted octanol–water partition coefficient (Wildman–Crippen LogP) is 1.94. The van der Waals surface area contributed by atoms with E-state index in [1.165, 1.54) is 12.8 Å². The first-order chi connectivity index (χ1) is 8.16. The molecule has 1 atom stereocenters. The molecule has 1 aliphatic carbocycles. The molecule has 2 rings (SSSR count). The van der Waals surface area contributed by atoms with Crippen LogP contribution in [0.25, 0.3) is 0 Å². The number of aromatic nitrogens is 1. The Morgan fingerprint density at radius 1 is 1.53 bits per heavy atom. The number of carboxylic acid groups (broad SMARTS) is 1. The summed E-state index contributed by atoms with van der Waals surface area (Å²) in [6, 6.07) is 4.04. The first-order valence-corrected chi connectivity index (χ1v) is 6.02. The van der Waals surface area contributed by atoms with E-state index in [1.54, 1.807) is 12.4 Å². The Hall–Kier alpha value is -1.42. The quantitative estimate of drug-likeness (QED) is 0.817. The summed E-state index contributed by atoms with van der Waals surface area (Å²) < 4.78 is 0. The molecule has 0 saturated heterocycles. The highest BCUT2D eigenvalue weighted by Gasteiger charge is 2.28. The van der Waals surface area contributed by atoms with Crippen molar-refractivity contribution in [2.24, 2.45) is 5.92 Å². The van der Waals surface area contributed by atoms with Gasteiger partial charge in [-0.25, -0.2) is 0 Å². The first kappa shape index (κ1) is 12.0. The van der Waals surface area contributed by atoms with E-state index < -0.39 is 5.97 Å². The van der Waals surface area contributed by atoms with Gasteiger partial charge in [0.2, 0.25) is 0 Å². The Balaban J connectivity index is 2.05. The molecule has 0 bridgehead atoms. The second kappa shape index (κ2) is 5.27. The van der Waals surface area contributed by atoms with Crippen molar-refractivity contribution in [2.45, 2.75) is 25.8 Å². The van der Waals surface area contributed by atoms with Gasteiger partial charge in [-0.15, -0.1) is 0 Å². The highest BCUT2D eigenvalue weighted by Crippen LogP contribution is 2.32. The third-order valence-electron chi connectivity index (χ3n) is 3.26. The van der Waals surface area contributed by atoms with Crippen LogP contribution in [0.15, 0.2) is 24.5 Å². The molecule has 1 saturated carbocycles. The number of nitrogens with zero attached hydrogens (tertiary/aromatic N) is 2. The average molecular weight is 234 g/mol. The molecule has 0 spiro atoms. The van der Waals surface area contributed by atoms with E-state index in [-0.39, 0.29) is 12.6 Å². The van der Waals surface area contributed by atoms with Crippen molar-refractivity contribution in [3.63, 3.8) is 0 Å². The van der Waals surface area contributed by atoms with Crippen molar-refractivity contribution >= 4 is 5.97 Å². The summed E-state index contributed by atoms with van der Waals surface area (Å²) in [6.45, 7) is 3.05. The lowest BCUT2D eigenvalue weighted by Gasteiger charge is -2.27. The van der Waals surface area contributed by atoms with Crippen molar-refractivity contribution in [3.8, 4) is 0 Å². The Morgan fingerprint density at radius 3 is 2.71 bits per heavy atom. The van der Waals surface area contributed by atoms with Gasteiger partial charge in [-0.2, -0.15) is 0 Å². The minimum absolute atomic E-state index is 0.111. The van der Waals surface area contributed by atoms with Gasteiger partial charge in [-0.1, -0.05) is 0 Å². The number of carboxylic acids is 1. The van der Waals surface area contributed by atoms with Crippen LogP contribution in [0.2, 0.25) is 0 Å². The Labute approximate surface area is 101 Å². The Kier molecular flexibility index (Phi) is 3.74. The van der Waals surface area contributed by atoms with Gasteiger partial charge in [-0.3, -0.25) is 14.7 Å². The molecular formula is C13H18N2O2. The highest BCUT2D eigenvalue weighted by atomic mass is 16.4. The Morgan fingerprint density at radius 2 is 2.18 bits per heavy atom. The SMILES string of the molecule is CC(c1ccncc1)N(CC(=O)O)CC1CC1. The van der Waals surface area contributed by atoms with Crippen LogP contribution in [-0.4, -0.2) is 34.0 Å². The molecular weight excluding hydrogens is 216 g/mol. The summed E-state index contributed by atoms with van der Waals surface area (Å²) >= 11 is 0. The van der Waals surface area contributed by atoms with Crippen LogP contribution >= 0.6 is 0 Å². The number of rotatable bonds is 6. The molecule has 0 aliphatic heterocycles. The molecule has 1 aromatic heterocycles. The van der Waals surface area contributed by atoms with E-state index in [9.17, 15) is 4.79 Å². The number of carbonyl (C=O) groups is 1. The van der Waals surface area contributed by atoms with Gasteiger partial charge in [0.25, 0.3) is 0 Å². The first-order valence-electron chi connectivity index (χ1n) is 6.02. The fraction of sp³-hybridized carbons (Fsp3) is 0.538. The molecule has 1 heterocycles. The van der Waals surface area contributed by atoms with E-state index in [2.05, 4.69) is 11.9 Å². The normalized spacial score (nSPS) is 17.1. The summed E-state index contributed by atoms with van der Waals surface area (Å²) in [6.07, 6.45) is 5.97. The topological polar surface area (TPSA) is 53.4 Å². The zero-order chi connectivity index (χ0) is 12.3. The molecule has 1 aliphatic rings. The van der Waals surface area contributed by atoms with Crippen LogP contribution in [-0.2, 0) is 4.79 Å². The lowest BCUT2D eigenvalue weighted by Crippen LogP contribution is -2.34. The summed E-state index contributed by atoms with van der Waals surface area (Å²) in [5.41, 5.74) is 1.13. The number of hydrogen-bond acceptors (Lipinski definition) is 3. The van der Waals surface area contributed by atoms with Crippen LogP contribution in [0.3, 0.4) is 0 Å². The maximum Gasteiger partial charge on any atom is 0.317 e. The minimum Gasteiger partial charge on any atom is -0.480 e. The molecule has 4 nitrogen and oxygen atoms in total. The van der Waals surface area contributed by atoms with Gasteiger partial charge in [0.1, 0.15) is 0 Å². The fourth-order valence-electron chi connectivity index (χ4n) is 2.02. The average Bonchev–Trinajstić information content (AvgIpc) is 3.12. The second-order valence-electron chi connectivity index (χ2n) is 4.72. The molecule has 1 aromatic rings. The van der Waals surface area contributed by atoms with E-state index >= 15 is 0 Å². The van der Waals surface area contributed by atoms with E-state index in [4.69, 9.17) is 5.11 Å². The Bertz CT molecular complexity index is 376. The van der Waals surface area contributed by atoms with Gasteiger partial charge in [0.15, 0.2) is 0 Å². The van der Waals surface area contributed by atoms with E-state index in [0.717, 1.165) is 12.1 Å². The maximum absolute atomic E-state index is 10.9. The van der Waals surface area contributed by atoms with Gasteiger partial charge >= 0.3 is 5.97 Å². The molecule has 92 valence electrons. The molecule has 0 aromatic carbocycles. The summed E-state index contributed by atoms with van der Waals surface area (Å²) in [7, 11) is 0. The largest absolute Gasteiger partial charge is 0.480 e. The summed E-state index contributed by atoms with van der Waals surface area (Å²) in [5.74, 6) is -0.0646. The molecule has 1 fully saturated rings. The molecule has 0 radical (unpaired) electrons. The van der Waals surface area contributed by atoms with E-state index in [0.29, 0.717) is 5.92 Å². The van der Waals surface area contributed by atoms with Crippen LogP contribution in [0.4, 0.5) is 0 Å². The van der Waals surface area contributed by atoms with Crippen molar-refractivity contribution in [1.82, 2.24) is 9.88 Å². The van der Waals surface area contributed by atoms with E-state index in [1.807, 2.05) is 17.0 Å². The molecule has 4 heteroatoms. The van der Waals surface area contributed by atoms with Crippen molar-refractivity contribution in [3.05, 3.63) is 30.1 Å². The minimum atomic E-state index is -0.758. The third-order valence-corrected chi connectivity index (χ3v) is 3.26. The molecule has 1 N–H and O–H groups in total. The zero-order valence-electron chi connectivity index (χ0n) is 10.0. The van der Waals surface area contributed by atoms with Gasteiger partial charge in [0, 0.05) is 25.0 Å². The molecule has 1 unspecified atom stereocenters. The summed E-state index contributed by atoms with van der Waals surface area (Å²) in [4.78, 5) is 16.9. The lowest BCUT2D eigenvalue weighted by molar-refractivity contribution is -0.139. The lowest BCUT2D eigenvalue weighted by atomic mass is 10.1. The van der Waals surface area contributed by atoms with Crippen LogP contribution in [0.1, 0.15) is 31.4 Å². The number of pyridine rings is 1. The predicted molar refractivity (Wildman–Crippen MR) is 64.6 cm³/mol. The highest BCUT2D eigenvalue weighted by molar-refractivity contribution is 5.69. The van der Waals surface area contributed by atoms with Gasteiger partial charge in [-0.05, 0) is 43.4 Å². The van der Waals surface area contributed by atoms with Crippen molar-refractivity contribution < 1.29 is 9.90 Å². The standard InChI is InChI=1S/C13H18N2O2/c1-10(12-4-6-14-7-5-12)15(9-13(16)17)8-11-2-3-11/h4-7,10-11H,2-3,8-9H2,1H3,(H,16,17).